The monoisotopic (exact) mass is 301 g/mol. The summed E-state index contributed by atoms with van der Waals surface area (Å²) in [6, 6.07) is 0.215. The van der Waals surface area contributed by atoms with Gasteiger partial charge < -0.3 is 8.94 Å². The topological polar surface area (TPSA) is 81.1 Å². The van der Waals surface area contributed by atoms with Crippen molar-refractivity contribution in [3.8, 4) is 0 Å². The largest absolute Gasteiger partial charge is 0.424 e. The molecule has 3 fully saturated rings. The Morgan fingerprint density at radius 1 is 1.00 bits per heavy atom. The number of rotatable bonds is 5. The van der Waals surface area contributed by atoms with Crippen LogP contribution in [-0.2, 0) is 6.54 Å². The fourth-order valence-corrected chi connectivity index (χ4v) is 3.19. The van der Waals surface area contributed by atoms with Crippen LogP contribution in [0.2, 0.25) is 0 Å². The van der Waals surface area contributed by atoms with Crippen LogP contribution in [0.25, 0.3) is 0 Å². The standard InChI is InChI=1S/C15H19N5O2/c1-2-11(13-16-14(22-19-13)9-3-4-9)20(7-1)8-12-17-18-15(21-12)10-5-6-10/h9-11H,1-8H2/t11-/m0/s1. The first-order valence-electron chi connectivity index (χ1n) is 8.26. The van der Waals surface area contributed by atoms with Crippen molar-refractivity contribution in [1.29, 1.82) is 0 Å². The highest BCUT2D eigenvalue weighted by atomic mass is 16.5. The Balaban J connectivity index is 1.31. The van der Waals surface area contributed by atoms with Gasteiger partial charge in [-0.2, -0.15) is 4.98 Å². The quantitative estimate of drug-likeness (QED) is 0.839. The summed E-state index contributed by atoms with van der Waals surface area (Å²) in [5, 5.41) is 12.6. The van der Waals surface area contributed by atoms with E-state index in [2.05, 4.69) is 25.2 Å². The number of likely N-dealkylation sites (tertiary alicyclic amines) is 1. The van der Waals surface area contributed by atoms with Gasteiger partial charge in [-0.25, -0.2) is 0 Å². The van der Waals surface area contributed by atoms with Crippen molar-refractivity contribution in [3.63, 3.8) is 0 Å². The molecule has 2 aromatic rings. The fourth-order valence-electron chi connectivity index (χ4n) is 3.19. The molecule has 7 nitrogen and oxygen atoms in total. The van der Waals surface area contributed by atoms with E-state index in [0.717, 1.165) is 37.0 Å². The molecule has 1 aliphatic heterocycles. The first-order valence-corrected chi connectivity index (χ1v) is 8.26. The van der Waals surface area contributed by atoms with E-state index < -0.39 is 0 Å². The van der Waals surface area contributed by atoms with Crippen molar-refractivity contribution in [2.75, 3.05) is 6.54 Å². The van der Waals surface area contributed by atoms with Crippen LogP contribution in [0.15, 0.2) is 8.94 Å². The van der Waals surface area contributed by atoms with Crippen LogP contribution in [0.4, 0.5) is 0 Å². The minimum absolute atomic E-state index is 0.215. The minimum atomic E-state index is 0.215. The zero-order valence-electron chi connectivity index (χ0n) is 12.4. The molecule has 0 aromatic carbocycles. The van der Waals surface area contributed by atoms with Crippen LogP contribution in [-0.4, -0.2) is 31.8 Å². The predicted octanol–water partition coefficient (Wildman–Crippen LogP) is 2.54. The van der Waals surface area contributed by atoms with Crippen LogP contribution in [0.5, 0.6) is 0 Å². The molecule has 0 unspecified atom stereocenters. The number of nitrogens with zero attached hydrogens (tertiary/aromatic N) is 5. The summed E-state index contributed by atoms with van der Waals surface area (Å²) in [6.07, 6.45) is 6.93. The maximum Gasteiger partial charge on any atom is 0.230 e. The summed E-state index contributed by atoms with van der Waals surface area (Å²) in [7, 11) is 0. The van der Waals surface area contributed by atoms with Crippen LogP contribution < -0.4 is 0 Å². The zero-order chi connectivity index (χ0) is 14.5. The first kappa shape index (κ1) is 12.8. The zero-order valence-corrected chi connectivity index (χ0v) is 12.4. The van der Waals surface area contributed by atoms with Crippen molar-refractivity contribution in [3.05, 3.63) is 23.5 Å². The SMILES string of the molecule is C1C[C@@H](c2noc(C3CC3)n2)N(Cc2nnc(C3CC3)o2)C1. The Morgan fingerprint density at radius 2 is 1.82 bits per heavy atom. The lowest BCUT2D eigenvalue weighted by Crippen LogP contribution is -2.23. The van der Waals surface area contributed by atoms with Gasteiger partial charge in [-0.1, -0.05) is 5.16 Å². The Hall–Kier alpha value is -1.76. The third-order valence-electron chi connectivity index (χ3n) is 4.79. The van der Waals surface area contributed by atoms with Crippen LogP contribution in [0, 0.1) is 0 Å². The van der Waals surface area contributed by atoms with Gasteiger partial charge in [0, 0.05) is 11.8 Å². The van der Waals surface area contributed by atoms with Gasteiger partial charge in [0.15, 0.2) is 5.82 Å². The maximum absolute atomic E-state index is 5.78. The van der Waals surface area contributed by atoms with Crippen molar-refractivity contribution in [2.45, 2.75) is 62.9 Å². The van der Waals surface area contributed by atoms with Gasteiger partial charge in [-0.05, 0) is 45.1 Å². The van der Waals surface area contributed by atoms with Gasteiger partial charge in [0.1, 0.15) is 0 Å². The Labute approximate surface area is 128 Å². The molecule has 0 bridgehead atoms. The van der Waals surface area contributed by atoms with E-state index in [1.54, 1.807) is 0 Å². The Morgan fingerprint density at radius 3 is 2.64 bits per heavy atom. The second kappa shape index (κ2) is 4.87. The molecule has 2 saturated carbocycles. The molecule has 3 aliphatic rings. The molecule has 3 heterocycles. The van der Waals surface area contributed by atoms with E-state index in [0.29, 0.717) is 24.3 Å². The normalized spacial score (nSPS) is 25.9. The van der Waals surface area contributed by atoms with E-state index in [9.17, 15) is 0 Å². The summed E-state index contributed by atoms with van der Waals surface area (Å²) in [6.45, 7) is 1.69. The van der Waals surface area contributed by atoms with Crippen LogP contribution in [0.3, 0.4) is 0 Å². The molecule has 0 radical (unpaired) electrons. The maximum atomic E-state index is 5.78. The van der Waals surface area contributed by atoms with Crippen molar-refractivity contribution in [2.24, 2.45) is 0 Å². The summed E-state index contributed by atoms with van der Waals surface area (Å²) in [5.74, 6) is 4.17. The lowest BCUT2D eigenvalue weighted by atomic mass is 10.2. The van der Waals surface area contributed by atoms with Crippen LogP contribution >= 0.6 is 0 Å². The Bertz CT molecular complexity index is 673. The van der Waals surface area contributed by atoms with Gasteiger partial charge in [0.2, 0.25) is 17.7 Å². The van der Waals surface area contributed by atoms with Gasteiger partial charge in [-0.15, -0.1) is 10.2 Å². The van der Waals surface area contributed by atoms with E-state index in [1.807, 2.05) is 0 Å². The summed E-state index contributed by atoms with van der Waals surface area (Å²) < 4.78 is 11.2. The molecule has 7 heteroatoms. The van der Waals surface area contributed by atoms with E-state index in [4.69, 9.17) is 8.94 Å². The van der Waals surface area contributed by atoms with Crippen molar-refractivity contribution >= 4 is 0 Å². The molecule has 2 aromatic heterocycles. The smallest absolute Gasteiger partial charge is 0.230 e. The predicted molar refractivity (Wildman–Crippen MR) is 74.9 cm³/mol. The number of hydrogen-bond donors (Lipinski definition) is 0. The molecule has 2 aliphatic carbocycles. The average Bonchev–Trinajstić information content (AvgIpc) is 3.42. The number of aromatic nitrogens is 4. The molecule has 0 amide bonds. The Kier molecular flexibility index (Phi) is 2.82. The average molecular weight is 301 g/mol. The molecule has 5 rings (SSSR count). The van der Waals surface area contributed by atoms with Gasteiger partial charge >= 0.3 is 0 Å². The first-order chi connectivity index (χ1) is 10.9. The van der Waals surface area contributed by atoms with Crippen molar-refractivity contribution in [1.82, 2.24) is 25.2 Å². The summed E-state index contributed by atoms with van der Waals surface area (Å²) >= 11 is 0. The molecule has 0 spiro atoms. The van der Waals surface area contributed by atoms with E-state index in [-0.39, 0.29) is 6.04 Å². The van der Waals surface area contributed by atoms with Gasteiger partial charge in [0.25, 0.3) is 0 Å². The highest BCUT2D eigenvalue weighted by molar-refractivity contribution is 5.06. The highest BCUT2D eigenvalue weighted by Gasteiger charge is 2.35. The molecular weight excluding hydrogens is 282 g/mol. The lowest BCUT2D eigenvalue weighted by molar-refractivity contribution is 0.210. The molecule has 1 saturated heterocycles. The highest BCUT2D eigenvalue weighted by Crippen LogP contribution is 2.41. The summed E-state index contributed by atoms with van der Waals surface area (Å²) in [5.41, 5.74) is 0. The molecule has 1 atom stereocenters. The summed E-state index contributed by atoms with van der Waals surface area (Å²) in [4.78, 5) is 6.93. The van der Waals surface area contributed by atoms with Crippen LogP contribution in [0.1, 0.15) is 79.9 Å². The number of hydrogen-bond acceptors (Lipinski definition) is 7. The second-order valence-corrected chi connectivity index (χ2v) is 6.70. The molecule has 22 heavy (non-hydrogen) atoms. The molecular formula is C15H19N5O2. The fraction of sp³-hybridized carbons (Fsp3) is 0.733. The van der Waals surface area contributed by atoms with E-state index >= 15 is 0 Å². The van der Waals surface area contributed by atoms with Crippen molar-refractivity contribution < 1.29 is 8.94 Å². The second-order valence-electron chi connectivity index (χ2n) is 6.70. The third-order valence-corrected chi connectivity index (χ3v) is 4.79. The lowest BCUT2D eigenvalue weighted by Gasteiger charge is -2.19. The van der Waals surface area contributed by atoms with Gasteiger partial charge in [0.05, 0.1) is 12.6 Å². The molecule has 0 N–H and O–H groups in total. The minimum Gasteiger partial charge on any atom is -0.424 e. The van der Waals surface area contributed by atoms with Gasteiger partial charge in [-0.3, -0.25) is 4.90 Å². The molecule has 116 valence electrons. The third kappa shape index (κ3) is 2.33. The van der Waals surface area contributed by atoms with E-state index in [1.165, 1.54) is 25.7 Å².